The maximum absolute atomic E-state index is 12.4. The third-order valence-electron chi connectivity index (χ3n) is 5.15. The summed E-state index contributed by atoms with van der Waals surface area (Å²) >= 11 is 0. The van der Waals surface area contributed by atoms with Crippen molar-refractivity contribution >= 4 is 11.6 Å². The number of likely N-dealkylation sites (tertiary alicyclic amines) is 1. The van der Waals surface area contributed by atoms with Crippen LogP contribution in [0.2, 0.25) is 0 Å². The van der Waals surface area contributed by atoms with Crippen LogP contribution >= 0.6 is 0 Å². The molecule has 1 fully saturated rings. The Hall–Kier alpha value is -2.20. The van der Waals surface area contributed by atoms with E-state index in [1.165, 1.54) is 24.0 Å². The van der Waals surface area contributed by atoms with Crippen molar-refractivity contribution in [1.29, 1.82) is 0 Å². The molecule has 4 heteroatoms. The number of fused-ring (bicyclic) bond motifs is 1. The Morgan fingerprint density at radius 2 is 1.92 bits per heavy atom. The summed E-state index contributed by atoms with van der Waals surface area (Å²) in [6.07, 6.45) is 4.90. The molecule has 2 aliphatic rings. The lowest BCUT2D eigenvalue weighted by Crippen LogP contribution is -2.35. The number of hydrogen-bond donors (Lipinski definition) is 0. The largest absolute Gasteiger partial charge is 0.309 e. The number of carbonyl (C=O) groups excluding carboxylic acids is 1. The second-order valence-electron chi connectivity index (χ2n) is 6.78. The summed E-state index contributed by atoms with van der Waals surface area (Å²) in [5.74, 6) is 0.179. The fourth-order valence-corrected chi connectivity index (χ4v) is 3.76. The Morgan fingerprint density at radius 1 is 1.12 bits per heavy atom. The van der Waals surface area contributed by atoms with Crippen molar-refractivity contribution in [1.82, 2.24) is 9.88 Å². The van der Waals surface area contributed by atoms with Crippen LogP contribution < -0.4 is 4.90 Å². The smallest absolute Gasteiger partial charge is 0.233 e. The third-order valence-corrected chi connectivity index (χ3v) is 5.15. The molecule has 24 heavy (non-hydrogen) atoms. The Balaban J connectivity index is 1.60. The molecule has 124 valence electrons. The highest BCUT2D eigenvalue weighted by atomic mass is 16.2. The van der Waals surface area contributed by atoms with Gasteiger partial charge in [0.2, 0.25) is 5.91 Å². The molecule has 0 radical (unpaired) electrons. The number of carbonyl (C=O) groups is 1. The van der Waals surface area contributed by atoms with Crippen LogP contribution in [0.25, 0.3) is 11.1 Å². The van der Waals surface area contributed by atoms with E-state index >= 15 is 0 Å². The molecule has 4 rings (SSSR count). The lowest BCUT2D eigenvalue weighted by Gasteiger charge is -2.22. The maximum Gasteiger partial charge on any atom is 0.233 e. The van der Waals surface area contributed by atoms with Crippen LogP contribution in [0.4, 0.5) is 5.69 Å². The van der Waals surface area contributed by atoms with E-state index in [2.05, 4.69) is 35.0 Å². The Bertz CT molecular complexity index is 765. The SMILES string of the molecule is Cc1ccccc1-c1cnc2c(c1)N(CCN1CCCC1)C(=O)C2. The molecule has 1 aromatic carbocycles. The molecule has 0 aliphatic carbocycles. The average Bonchev–Trinajstić information content (AvgIpc) is 3.20. The molecule has 1 amide bonds. The molecule has 3 heterocycles. The number of aromatic nitrogens is 1. The van der Waals surface area contributed by atoms with Gasteiger partial charge in [-0.3, -0.25) is 9.78 Å². The summed E-state index contributed by atoms with van der Waals surface area (Å²) < 4.78 is 0. The van der Waals surface area contributed by atoms with Crippen molar-refractivity contribution in [2.24, 2.45) is 0 Å². The summed E-state index contributed by atoms with van der Waals surface area (Å²) in [5.41, 5.74) is 5.42. The minimum Gasteiger partial charge on any atom is -0.309 e. The Labute approximate surface area is 143 Å². The van der Waals surface area contributed by atoms with Crippen LogP contribution in [0.5, 0.6) is 0 Å². The number of aryl methyl sites for hydroxylation is 1. The topological polar surface area (TPSA) is 36.4 Å². The van der Waals surface area contributed by atoms with E-state index in [0.29, 0.717) is 6.42 Å². The van der Waals surface area contributed by atoms with E-state index in [4.69, 9.17) is 0 Å². The summed E-state index contributed by atoms with van der Waals surface area (Å²) in [6.45, 7) is 6.16. The van der Waals surface area contributed by atoms with Gasteiger partial charge in [-0.15, -0.1) is 0 Å². The molecule has 2 aromatic rings. The lowest BCUT2D eigenvalue weighted by molar-refractivity contribution is -0.117. The number of benzene rings is 1. The zero-order chi connectivity index (χ0) is 16.5. The number of pyridine rings is 1. The standard InChI is InChI=1S/C20H23N3O/c1-15-6-2-3-7-17(15)16-12-19-18(21-14-16)13-20(24)23(19)11-10-22-8-4-5-9-22/h2-3,6-7,12,14H,4-5,8-11,13H2,1H3. The third kappa shape index (κ3) is 2.82. The van der Waals surface area contributed by atoms with Crippen molar-refractivity contribution in [2.75, 3.05) is 31.1 Å². The van der Waals surface area contributed by atoms with Crippen LogP contribution in [0.15, 0.2) is 36.5 Å². The zero-order valence-corrected chi connectivity index (χ0v) is 14.2. The Morgan fingerprint density at radius 3 is 2.71 bits per heavy atom. The highest BCUT2D eigenvalue weighted by Gasteiger charge is 2.29. The molecule has 1 saturated heterocycles. The van der Waals surface area contributed by atoms with E-state index in [0.717, 1.165) is 43.1 Å². The number of nitrogens with zero attached hydrogens (tertiary/aromatic N) is 3. The molecule has 4 nitrogen and oxygen atoms in total. The summed E-state index contributed by atoms with van der Waals surface area (Å²) in [6, 6.07) is 10.5. The first-order valence-corrected chi connectivity index (χ1v) is 8.80. The van der Waals surface area contributed by atoms with Crippen molar-refractivity contribution < 1.29 is 4.79 Å². The van der Waals surface area contributed by atoms with Gasteiger partial charge in [-0.25, -0.2) is 0 Å². The van der Waals surface area contributed by atoms with Gasteiger partial charge in [-0.1, -0.05) is 24.3 Å². The van der Waals surface area contributed by atoms with Crippen LogP contribution in [-0.4, -0.2) is 42.0 Å². The van der Waals surface area contributed by atoms with Crippen LogP contribution in [0.1, 0.15) is 24.1 Å². The zero-order valence-electron chi connectivity index (χ0n) is 14.2. The highest BCUT2D eigenvalue weighted by molar-refractivity contribution is 6.01. The van der Waals surface area contributed by atoms with Crippen molar-refractivity contribution in [3.63, 3.8) is 0 Å². The van der Waals surface area contributed by atoms with Crippen molar-refractivity contribution in [2.45, 2.75) is 26.2 Å². The minimum absolute atomic E-state index is 0.179. The highest BCUT2D eigenvalue weighted by Crippen LogP contribution is 2.32. The van der Waals surface area contributed by atoms with Gasteiger partial charge in [0.25, 0.3) is 0 Å². The molecule has 0 atom stereocenters. The fraction of sp³-hybridized carbons (Fsp3) is 0.400. The molecule has 0 bridgehead atoms. The first kappa shape index (κ1) is 15.3. The van der Waals surface area contributed by atoms with Gasteiger partial charge >= 0.3 is 0 Å². The second kappa shape index (κ2) is 6.36. The van der Waals surface area contributed by atoms with E-state index in [1.807, 2.05) is 23.2 Å². The number of amides is 1. The van der Waals surface area contributed by atoms with E-state index in [-0.39, 0.29) is 5.91 Å². The van der Waals surface area contributed by atoms with Gasteiger partial charge < -0.3 is 9.80 Å². The molecule has 0 unspecified atom stereocenters. The monoisotopic (exact) mass is 321 g/mol. The lowest BCUT2D eigenvalue weighted by atomic mass is 10.0. The first-order valence-electron chi connectivity index (χ1n) is 8.80. The van der Waals surface area contributed by atoms with Crippen LogP contribution in [0.3, 0.4) is 0 Å². The minimum atomic E-state index is 0.179. The van der Waals surface area contributed by atoms with Gasteiger partial charge in [0.15, 0.2) is 0 Å². The Kier molecular flexibility index (Phi) is 4.07. The van der Waals surface area contributed by atoms with E-state index < -0.39 is 0 Å². The van der Waals surface area contributed by atoms with Crippen molar-refractivity contribution in [3.8, 4) is 11.1 Å². The molecular weight excluding hydrogens is 298 g/mol. The molecule has 1 aromatic heterocycles. The van der Waals surface area contributed by atoms with Crippen LogP contribution in [-0.2, 0) is 11.2 Å². The van der Waals surface area contributed by atoms with Crippen molar-refractivity contribution in [3.05, 3.63) is 47.8 Å². The molecule has 0 saturated carbocycles. The fourth-order valence-electron chi connectivity index (χ4n) is 3.76. The second-order valence-corrected chi connectivity index (χ2v) is 6.78. The number of rotatable bonds is 4. The van der Waals surface area contributed by atoms with E-state index in [1.54, 1.807) is 0 Å². The van der Waals surface area contributed by atoms with Crippen LogP contribution in [0, 0.1) is 6.92 Å². The average molecular weight is 321 g/mol. The van der Waals surface area contributed by atoms with Gasteiger partial charge in [0.1, 0.15) is 0 Å². The summed E-state index contributed by atoms with van der Waals surface area (Å²) in [7, 11) is 0. The summed E-state index contributed by atoms with van der Waals surface area (Å²) in [4.78, 5) is 21.4. The molecule has 0 N–H and O–H groups in total. The normalized spacial score (nSPS) is 17.5. The predicted octanol–water partition coefficient (Wildman–Crippen LogP) is 3.04. The number of anilines is 1. The molecule has 2 aliphatic heterocycles. The summed E-state index contributed by atoms with van der Waals surface area (Å²) in [5, 5.41) is 0. The first-order chi connectivity index (χ1) is 11.7. The van der Waals surface area contributed by atoms with E-state index in [9.17, 15) is 4.79 Å². The van der Waals surface area contributed by atoms with Gasteiger partial charge in [-0.05, 0) is 50.0 Å². The van der Waals surface area contributed by atoms with Gasteiger partial charge in [-0.2, -0.15) is 0 Å². The molecular formula is C20H23N3O. The van der Waals surface area contributed by atoms with Gasteiger partial charge in [0, 0.05) is 24.8 Å². The quantitative estimate of drug-likeness (QED) is 0.868. The van der Waals surface area contributed by atoms with Gasteiger partial charge in [0.05, 0.1) is 17.8 Å². The predicted molar refractivity (Wildman–Crippen MR) is 96.1 cm³/mol. The molecule has 0 spiro atoms. The number of hydrogen-bond acceptors (Lipinski definition) is 3. The maximum atomic E-state index is 12.4.